The Bertz CT molecular complexity index is 4420. The second-order valence-corrected chi connectivity index (χ2v) is 23.2. The Morgan fingerprint density at radius 2 is 1.05 bits per heavy atom. The number of aliphatic hydroxyl groups is 2. The molecule has 0 radical (unpaired) electrons. The van der Waals surface area contributed by atoms with Crippen molar-refractivity contribution in [3.63, 3.8) is 0 Å². The Hall–Kier alpha value is -10.5. The number of nitrogens with zero attached hydrogens (tertiary/aromatic N) is 16. The van der Waals surface area contributed by atoms with E-state index < -0.39 is 11.2 Å². The van der Waals surface area contributed by atoms with E-state index in [1.54, 1.807) is 114 Å². The third kappa shape index (κ3) is 23.6. The Kier molecular flexibility index (Phi) is 25.0. The van der Waals surface area contributed by atoms with Crippen LogP contribution in [-0.4, -0.2) is 105 Å². The number of halogens is 3. The van der Waals surface area contributed by atoms with Gasteiger partial charge in [0.25, 0.3) is 5.56 Å². The molecule has 0 amide bonds. The number of pyridine rings is 7. The van der Waals surface area contributed by atoms with E-state index >= 15 is 0 Å². The minimum atomic E-state index is -0.845. The maximum atomic E-state index is 12.0. The van der Waals surface area contributed by atoms with Gasteiger partial charge in [-0.15, -0.1) is 0 Å². The summed E-state index contributed by atoms with van der Waals surface area (Å²) in [5.41, 5.74) is 17.7. The van der Waals surface area contributed by atoms with E-state index in [2.05, 4.69) is 65.7 Å². The molecule has 0 aliphatic carbocycles. The zero-order chi connectivity index (χ0) is 68.1. The van der Waals surface area contributed by atoms with Gasteiger partial charge in [-0.2, -0.15) is 29.8 Å². The Labute approximate surface area is 552 Å². The highest BCUT2D eigenvalue weighted by Gasteiger charge is 2.17. The van der Waals surface area contributed by atoms with Crippen LogP contribution in [-0.2, 0) is 19.6 Å². The molecule has 0 saturated carbocycles. The molecule has 0 unspecified atom stereocenters. The first kappa shape index (κ1) is 70.9. The quantitative estimate of drug-likeness (QED) is 0.0551. The first-order valence-electron chi connectivity index (χ1n) is 29.2. The third-order valence-electron chi connectivity index (χ3n) is 12.1. The van der Waals surface area contributed by atoms with Crippen molar-refractivity contribution < 1.29 is 24.1 Å². The molecule has 0 fully saturated rings. The fraction of sp³-hybridized carbons (Fsp3) is 0.242. The largest absolute Gasteiger partial charge is 0.439 e. The van der Waals surface area contributed by atoms with Crippen molar-refractivity contribution in [1.29, 1.82) is 0 Å². The van der Waals surface area contributed by atoms with Crippen LogP contribution in [0.2, 0.25) is 10.3 Å². The molecule has 12 heterocycles. The average molecular weight is 1320 g/mol. The second-order valence-electron chi connectivity index (χ2n) is 22.4. The lowest BCUT2D eigenvalue weighted by Crippen LogP contribution is -2.26. The van der Waals surface area contributed by atoms with E-state index in [0.29, 0.717) is 77.0 Å². The fourth-order valence-corrected chi connectivity index (χ4v) is 8.63. The van der Waals surface area contributed by atoms with Crippen LogP contribution in [0.4, 0.5) is 21.6 Å². The van der Waals surface area contributed by atoms with Gasteiger partial charge in [-0.05, 0) is 143 Å². The zero-order valence-electron chi connectivity index (χ0n) is 53.9. The van der Waals surface area contributed by atoms with Crippen LogP contribution in [0.25, 0.3) is 17.5 Å². The number of aryl methyl sites for hydroxylation is 7. The van der Waals surface area contributed by atoms with Crippen LogP contribution >= 0.6 is 23.2 Å². The summed E-state index contributed by atoms with van der Waals surface area (Å²) in [5.74, 6) is 4.62. The van der Waals surface area contributed by atoms with Gasteiger partial charge in [0.2, 0.25) is 11.8 Å². The standard InChI is InChI=1S/C22H25N7O2.C15H13ClN4O.C10H11N3O.C7H13N3O.C7H10N2.C5H3ClFN/c1-15-6-5-7-20(25-15)29-21(10-16(2)27-29)31-18-8-9-23-19(11-18)26-17-12-24-28(13-17)14-22(3,4)30;1-10-4-3-5-14(18-10)20-15(8-11(2)19-20)21-12-6-7-17-13(16)9-12;1-7-4-3-5-9(11-7)13-10(14)6-8(2)12-13;1-7(2,11)5-10-4-6(8)3-9-10;1-6-3-2-4-7(5-8)9-6;6-5-3-4(7)1-2-8-5/h5-13,30H,14H2,1-4H3,(H,23,26);3-9H,1-2H3;3-6,12H,1-2H3;3-4,11H,5,8H2,1-2H3;2-4H,5,8H2,1H3;1-3H. The second kappa shape index (κ2) is 33.2. The molecule has 12 rings (SSSR count). The minimum absolute atomic E-state index is 0.0828. The molecule has 0 aliphatic rings. The van der Waals surface area contributed by atoms with Crippen molar-refractivity contribution in [2.45, 2.75) is 107 Å². The van der Waals surface area contributed by atoms with Crippen molar-refractivity contribution in [2.75, 3.05) is 11.1 Å². The van der Waals surface area contributed by atoms with Gasteiger partial charge < -0.3 is 36.5 Å². The van der Waals surface area contributed by atoms with Crippen LogP contribution in [0.5, 0.6) is 23.3 Å². The van der Waals surface area contributed by atoms with Crippen LogP contribution in [0.1, 0.15) is 73.2 Å². The summed E-state index contributed by atoms with van der Waals surface area (Å²) in [5, 5.41) is 43.1. The van der Waals surface area contributed by atoms with E-state index in [0.717, 1.165) is 57.3 Å². The molecule has 0 spiro atoms. The SMILES string of the molecule is CC(C)(O)Cn1cc(N)cn1.Cc1cccc(-n2[nH]c(C)cc2=O)n1.Cc1cccc(-n2nc(C)cc2Oc2ccnc(Cl)c2)n1.Cc1cccc(-n2nc(C)cc2Oc2ccnc(Nc3cnn(CC(C)(C)O)c3)c2)n1.Cc1cccc(CN)n1.Fc1ccnc(Cl)c1. The van der Waals surface area contributed by atoms with Gasteiger partial charge in [0.15, 0.2) is 17.5 Å². The molecule has 94 heavy (non-hydrogen) atoms. The molecule has 0 saturated heterocycles. The molecule has 25 nitrogen and oxygen atoms in total. The predicted molar refractivity (Wildman–Crippen MR) is 360 cm³/mol. The Balaban J connectivity index is 0.000000172. The first-order chi connectivity index (χ1) is 44.6. The normalized spacial score (nSPS) is 10.8. The molecule has 0 aromatic carbocycles. The van der Waals surface area contributed by atoms with Crippen LogP contribution in [0.15, 0.2) is 176 Å². The molecule has 0 atom stereocenters. The van der Waals surface area contributed by atoms with E-state index in [4.69, 9.17) is 44.1 Å². The lowest BCUT2D eigenvalue weighted by molar-refractivity contribution is 0.0571. The van der Waals surface area contributed by atoms with E-state index in [-0.39, 0.29) is 16.5 Å². The molecule has 0 aliphatic heterocycles. The Morgan fingerprint density at radius 3 is 1.50 bits per heavy atom. The molecular formula is C66H75Cl2FN20O5. The lowest BCUT2D eigenvalue weighted by Gasteiger charge is -2.16. The van der Waals surface area contributed by atoms with Gasteiger partial charge in [-0.25, -0.2) is 39.0 Å². The topological polar surface area (TPSA) is 322 Å². The summed E-state index contributed by atoms with van der Waals surface area (Å²) in [7, 11) is 0. The summed E-state index contributed by atoms with van der Waals surface area (Å²) in [4.78, 5) is 40.7. The van der Waals surface area contributed by atoms with Gasteiger partial charge in [-0.3, -0.25) is 24.2 Å². The molecule has 12 aromatic rings. The van der Waals surface area contributed by atoms with Gasteiger partial charge in [0.05, 0.1) is 65.1 Å². The molecular weight excluding hydrogens is 1240 g/mol. The van der Waals surface area contributed by atoms with Gasteiger partial charge >= 0.3 is 0 Å². The number of hydrogen-bond donors (Lipinski definition) is 6. The molecule has 12 aromatic heterocycles. The zero-order valence-corrected chi connectivity index (χ0v) is 55.4. The monoisotopic (exact) mass is 1320 g/mol. The van der Waals surface area contributed by atoms with E-state index in [1.165, 1.54) is 16.9 Å². The number of rotatable bonds is 14. The summed E-state index contributed by atoms with van der Waals surface area (Å²) >= 11 is 11.2. The summed E-state index contributed by atoms with van der Waals surface area (Å²) in [6.07, 6.45) is 11.3. The summed E-state index contributed by atoms with van der Waals surface area (Å²) in [6.45, 7) is 21.7. The number of nitrogens with one attached hydrogen (secondary N) is 2. The average Bonchev–Trinajstić information content (AvgIpc) is 1.82. The van der Waals surface area contributed by atoms with Gasteiger partial charge in [0, 0.05) is 102 Å². The highest BCUT2D eigenvalue weighted by atomic mass is 35.5. The van der Waals surface area contributed by atoms with Crippen molar-refractivity contribution in [1.82, 2.24) is 83.8 Å². The number of aromatic amines is 1. The minimum Gasteiger partial charge on any atom is -0.439 e. The van der Waals surface area contributed by atoms with Crippen molar-refractivity contribution in [3.8, 4) is 40.7 Å². The summed E-state index contributed by atoms with van der Waals surface area (Å²) < 4.78 is 32.1. The number of nitrogen functional groups attached to an aromatic ring is 1. The van der Waals surface area contributed by atoms with Crippen molar-refractivity contribution in [3.05, 3.63) is 243 Å². The smallest absolute Gasteiger partial charge is 0.272 e. The summed E-state index contributed by atoms with van der Waals surface area (Å²) in [6, 6.07) is 37.5. The third-order valence-corrected chi connectivity index (χ3v) is 12.5. The number of hydrogen-bond acceptors (Lipinski definition) is 19. The Morgan fingerprint density at radius 1 is 0.574 bits per heavy atom. The number of nitrogens with two attached hydrogens (primary N) is 2. The van der Waals surface area contributed by atoms with Gasteiger partial charge in [0.1, 0.15) is 33.4 Å². The lowest BCUT2D eigenvalue weighted by atomic mass is 10.1. The van der Waals surface area contributed by atoms with Crippen molar-refractivity contribution in [2.24, 2.45) is 5.73 Å². The number of H-pyrrole nitrogens is 1. The first-order valence-corrected chi connectivity index (χ1v) is 30.0. The molecule has 8 N–H and O–H groups in total. The maximum absolute atomic E-state index is 12.0. The molecule has 490 valence electrons. The van der Waals surface area contributed by atoms with Crippen molar-refractivity contribution >= 4 is 40.4 Å². The predicted octanol–water partition coefficient (Wildman–Crippen LogP) is 11.6. The van der Waals surface area contributed by atoms with E-state index in [9.17, 15) is 19.4 Å². The van der Waals surface area contributed by atoms with Gasteiger partial charge in [-0.1, -0.05) is 47.5 Å². The highest BCUT2D eigenvalue weighted by molar-refractivity contribution is 6.29. The fourth-order valence-electron chi connectivity index (χ4n) is 8.30. The van der Waals surface area contributed by atoms with Crippen LogP contribution < -0.4 is 31.8 Å². The maximum Gasteiger partial charge on any atom is 0.272 e. The number of anilines is 3. The number of aromatic nitrogens is 17. The number of ether oxygens (including phenoxy) is 2. The van der Waals surface area contributed by atoms with Crippen LogP contribution in [0.3, 0.4) is 0 Å². The molecule has 0 bridgehead atoms. The van der Waals surface area contributed by atoms with Crippen LogP contribution in [0, 0.1) is 54.3 Å². The van der Waals surface area contributed by atoms with E-state index in [1.807, 2.05) is 134 Å². The molecule has 28 heteroatoms. The highest BCUT2D eigenvalue weighted by Crippen LogP contribution is 2.29.